The van der Waals surface area contributed by atoms with Crippen LogP contribution in [0.25, 0.3) is 0 Å². The van der Waals surface area contributed by atoms with Gasteiger partial charge in [-0.05, 0) is 33.8 Å². The molecule has 1 unspecified atom stereocenters. The molecule has 1 aromatic rings. The third-order valence-electron chi connectivity index (χ3n) is 3.61. The smallest absolute Gasteiger partial charge is 0.227 e. The van der Waals surface area contributed by atoms with Crippen molar-refractivity contribution < 1.29 is 4.79 Å². The minimum Gasteiger partial charge on any atom is -0.342 e. The van der Waals surface area contributed by atoms with Gasteiger partial charge in [0.1, 0.15) is 0 Å². The van der Waals surface area contributed by atoms with Crippen LogP contribution in [-0.4, -0.2) is 29.9 Å². The second kappa shape index (κ2) is 5.31. The fourth-order valence-electron chi connectivity index (χ4n) is 2.29. The van der Waals surface area contributed by atoms with E-state index in [-0.39, 0.29) is 17.4 Å². The number of hydrogen-bond donors (Lipinski definition) is 1. The van der Waals surface area contributed by atoms with E-state index in [1.165, 1.54) is 0 Å². The molecule has 0 spiro atoms. The Hall–Kier alpha value is -0.390. The van der Waals surface area contributed by atoms with Crippen molar-refractivity contribution in [1.29, 1.82) is 0 Å². The van der Waals surface area contributed by atoms with Gasteiger partial charge in [0.25, 0.3) is 0 Å². The lowest BCUT2D eigenvalue weighted by atomic mass is 9.79. The number of nitrogens with zero attached hydrogens (tertiary/aromatic N) is 1. The van der Waals surface area contributed by atoms with Crippen molar-refractivity contribution in [3.8, 4) is 0 Å². The summed E-state index contributed by atoms with van der Waals surface area (Å²) in [5.74, 6) is 0.212. The molecule has 1 atom stereocenters. The van der Waals surface area contributed by atoms with Gasteiger partial charge < -0.3 is 10.6 Å². The molecule has 0 aromatic carbocycles. The van der Waals surface area contributed by atoms with Gasteiger partial charge in [0.05, 0.1) is 6.42 Å². The molecule has 2 N–H and O–H groups in total. The monoisotopic (exact) mass is 330 g/mol. The molecule has 0 aliphatic carbocycles. The number of carbonyl (C=O) groups is 1. The normalized spacial score (nSPS) is 23.1. The van der Waals surface area contributed by atoms with Crippen LogP contribution >= 0.6 is 27.3 Å². The minimum absolute atomic E-state index is 0.0178. The summed E-state index contributed by atoms with van der Waals surface area (Å²) >= 11 is 5.04. The van der Waals surface area contributed by atoms with Crippen molar-refractivity contribution >= 4 is 33.2 Å². The van der Waals surface area contributed by atoms with E-state index in [0.29, 0.717) is 6.42 Å². The lowest BCUT2D eigenvalue weighted by Crippen LogP contribution is -2.54. The first-order chi connectivity index (χ1) is 8.38. The zero-order valence-electron chi connectivity index (χ0n) is 10.8. The molecule has 0 radical (unpaired) electrons. The fourth-order valence-corrected chi connectivity index (χ4v) is 3.74. The molecular formula is C13H19BrN2OS. The maximum atomic E-state index is 12.2. The summed E-state index contributed by atoms with van der Waals surface area (Å²) in [6.07, 6.45) is 1.40. The number of halogens is 1. The molecule has 2 rings (SSSR count). The summed E-state index contributed by atoms with van der Waals surface area (Å²) < 4.78 is 1.05. The maximum absolute atomic E-state index is 12.2. The SMILES string of the molecule is CC1(C)CN(C(=O)Cc2cc(Br)cs2)CCC1N. The number of likely N-dealkylation sites (tertiary alicyclic amines) is 1. The largest absolute Gasteiger partial charge is 0.342 e. The molecule has 1 aliphatic rings. The van der Waals surface area contributed by atoms with Crippen LogP contribution < -0.4 is 5.73 Å². The topological polar surface area (TPSA) is 46.3 Å². The van der Waals surface area contributed by atoms with Crippen LogP contribution in [0.15, 0.2) is 15.9 Å². The number of piperidine rings is 1. The number of amides is 1. The predicted molar refractivity (Wildman–Crippen MR) is 78.7 cm³/mol. The van der Waals surface area contributed by atoms with Crippen LogP contribution in [0.5, 0.6) is 0 Å². The van der Waals surface area contributed by atoms with Crippen LogP contribution in [-0.2, 0) is 11.2 Å². The van der Waals surface area contributed by atoms with Gasteiger partial charge >= 0.3 is 0 Å². The average molecular weight is 331 g/mol. The Morgan fingerprint density at radius 3 is 2.94 bits per heavy atom. The van der Waals surface area contributed by atoms with E-state index in [1.807, 2.05) is 16.3 Å². The highest BCUT2D eigenvalue weighted by Gasteiger charge is 2.35. The van der Waals surface area contributed by atoms with Crippen molar-refractivity contribution in [3.63, 3.8) is 0 Å². The Labute approximate surface area is 120 Å². The molecule has 100 valence electrons. The lowest BCUT2D eigenvalue weighted by Gasteiger charge is -2.42. The zero-order chi connectivity index (χ0) is 13.3. The molecule has 1 saturated heterocycles. The first kappa shape index (κ1) is 14.0. The van der Waals surface area contributed by atoms with Crippen LogP contribution in [0.4, 0.5) is 0 Å². The van der Waals surface area contributed by atoms with E-state index in [9.17, 15) is 4.79 Å². The number of hydrogen-bond acceptors (Lipinski definition) is 3. The molecule has 0 bridgehead atoms. The first-order valence-corrected chi connectivity index (χ1v) is 7.82. The Morgan fingerprint density at radius 2 is 2.39 bits per heavy atom. The molecule has 1 aromatic heterocycles. The van der Waals surface area contributed by atoms with Crippen molar-refractivity contribution in [2.24, 2.45) is 11.1 Å². The van der Waals surface area contributed by atoms with Crippen molar-refractivity contribution in [2.45, 2.75) is 32.7 Å². The summed E-state index contributed by atoms with van der Waals surface area (Å²) in [4.78, 5) is 15.3. The molecule has 1 fully saturated rings. The van der Waals surface area contributed by atoms with Gasteiger partial charge in [0.2, 0.25) is 5.91 Å². The third-order valence-corrected chi connectivity index (χ3v) is 5.31. The molecule has 0 saturated carbocycles. The van der Waals surface area contributed by atoms with Crippen molar-refractivity contribution in [1.82, 2.24) is 4.90 Å². The quantitative estimate of drug-likeness (QED) is 0.906. The summed E-state index contributed by atoms with van der Waals surface area (Å²) in [5, 5.41) is 2.01. The Morgan fingerprint density at radius 1 is 1.67 bits per heavy atom. The van der Waals surface area contributed by atoms with E-state index in [4.69, 9.17) is 5.73 Å². The molecule has 3 nitrogen and oxygen atoms in total. The van der Waals surface area contributed by atoms with E-state index in [0.717, 1.165) is 28.9 Å². The molecule has 1 amide bonds. The highest BCUT2D eigenvalue weighted by Crippen LogP contribution is 2.28. The van der Waals surface area contributed by atoms with Gasteiger partial charge in [-0.2, -0.15) is 0 Å². The first-order valence-electron chi connectivity index (χ1n) is 6.15. The predicted octanol–water partition coefficient (Wildman–Crippen LogP) is 2.64. The fraction of sp³-hybridized carbons (Fsp3) is 0.615. The standard InChI is InChI=1S/C13H19BrN2OS/c1-13(2)8-16(4-3-11(13)15)12(17)6-10-5-9(14)7-18-10/h5,7,11H,3-4,6,8,15H2,1-2H3. The number of rotatable bonds is 2. The van der Waals surface area contributed by atoms with Gasteiger partial charge in [0.15, 0.2) is 0 Å². The van der Waals surface area contributed by atoms with E-state index >= 15 is 0 Å². The lowest BCUT2D eigenvalue weighted by molar-refractivity contribution is -0.133. The van der Waals surface area contributed by atoms with E-state index in [2.05, 4.69) is 29.8 Å². The third kappa shape index (κ3) is 3.13. The molecule has 18 heavy (non-hydrogen) atoms. The zero-order valence-corrected chi connectivity index (χ0v) is 13.2. The molecule has 2 heterocycles. The van der Waals surface area contributed by atoms with Gasteiger partial charge in [0, 0.05) is 33.9 Å². The molecular weight excluding hydrogens is 312 g/mol. The van der Waals surface area contributed by atoms with Gasteiger partial charge in [-0.1, -0.05) is 13.8 Å². The van der Waals surface area contributed by atoms with Gasteiger partial charge in [-0.25, -0.2) is 0 Å². The van der Waals surface area contributed by atoms with Crippen LogP contribution in [0.1, 0.15) is 25.1 Å². The van der Waals surface area contributed by atoms with E-state index < -0.39 is 0 Å². The van der Waals surface area contributed by atoms with Crippen LogP contribution in [0, 0.1) is 5.41 Å². The summed E-state index contributed by atoms with van der Waals surface area (Å²) in [6.45, 7) is 5.83. The van der Waals surface area contributed by atoms with Gasteiger partial charge in [-0.15, -0.1) is 11.3 Å². The summed E-state index contributed by atoms with van der Waals surface area (Å²) in [7, 11) is 0. The maximum Gasteiger partial charge on any atom is 0.227 e. The molecule has 1 aliphatic heterocycles. The number of thiophene rings is 1. The molecule has 5 heteroatoms. The van der Waals surface area contributed by atoms with Crippen molar-refractivity contribution in [3.05, 3.63) is 20.8 Å². The Bertz CT molecular complexity index is 444. The minimum atomic E-state index is 0.0178. The van der Waals surface area contributed by atoms with Gasteiger partial charge in [-0.3, -0.25) is 4.79 Å². The van der Waals surface area contributed by atoms with Crippen LogP contribution in [0.2, 0.25) is 0 Å². The Kier molecular flexibility index (Phi) is 4.14. The highest BCUT2D eigenvalue weighted by atomic mass is 79.9. The highest BCUT2D eigenvalue weighted by molar-refractivity contribution is 9.10. The second-order valence-electron chi connectivity index (χ2n) is 5.61. The summed E-state index contributed by atoms with van der Waals surface area (Å²) in [6, 6.07) is 2.21. The Balaban J connectivity index is 1.98. The number of nitrogens with two attached hydrogens (primary N) is 1. The number of carbonyl (C=O) groups excluding carboxylic acids is 1. The van der Waals surface area contributed by atoms with Crippen LogP contribution in [0.3, 0.4) is 0 Å². The van der Waals surface area contributed by atoms with E-state index in [1.54, 1.807) is 11.3 Å². The average Bonchev–Trinajstić information content (AvgIpc) is 2.68. The summed E-state index contributed by atoms with van der Waals surface area (Å²) in [5.41, 5.74) is 6.11. The van der Waals surface area contributed by atoms with Crippen molar-refractivity contribution in [2.75, 3.05) is 13.1 Å². The second-order valence-corrected chi connectivity index (χ2v) is 7.52.